The fourth-order valence-electron chi connectivity index (χ4n) is 1.34. The number of amides is 2. The van der Waals surface area contributed by atoms with E-state index in [4.69, 9.17) is 4.74 Å². The second-order valence-corrected chi connectivity index (χ2v) is 3.51. The average molecular weight is 230 g/mol. The number of hydrogen-bond acceptors (Lipinski definition) is 3. The highest BCUT2D eigenvalue weighted by atomic mass is 16.5. The number of carbonyl (C=O) groups is 2. The molecule has 1 unspecified atom stereocenters. The maximum atomic E-state index is 11.7. The first kappa shape index (κ1) is 14.7. The molecule has 16 heavy (non-hydrogen) atoms. The van der Waals surface area contributed by atoms with Gasteiger partial charge in [0.2, 0.25) is 0 Å². The third-order valence-electron chi connectivity index (χ3n) is 2.41. The smallest absolute Gasteiger partial charge is 0.325 e. The molecule has 0 aliphatic rings. The largest absolute Gasteiger partial charge is 0.465 e. The number of nitrogens with one attached hydrogen (secondary N) is 1. The van der Waals surface area contributed by atoms with Crippen molar-refractivity contribution in [1.82, 2.24) is 10.2 Å². The highest BCUT2D eigenvalue weighted by Gasteiger charge is 2.17. The summed E-state index contributed by atoms with van der Waals surface area (Å²) < 4.78 is 4.72. The molecule has 0 radical (unpaired) electrons. The van der Waals surface area contributed by atoms with Crippen LogP contribution >= 0.6 is 0 Å². The van der Waals surface area contributed by atoms with E-state index >= 15 is 0 Å². The van der Waals surface area contributed by atoms with Crippen LogP contribution in [0.15, 0.2) is 0 Å². The van der Waals surface area contributed by atoms with Crippen molar-refractivity contribution in [2.45, 2.75) is 40.2 Å². The zero-order chi connectivity index (χ0) is 12.6. The SMILES string of the molecule is CCOC(=O)CNC(=O)N(CC)C(C)CC. The quantitative estimate of drug-likeness (QED) is 0.701. The standard InChI is InChI=1S/C11H22N2O3/c1-5-9(4)13(6-2)11(15)12-8-10(14)16-7-3/h9H,5-8H2,1-4H3,(H,12,15). The number of rotatable bonds is 6. The normalized spacial score (nSPS) is 11.8. The molecule has 0 aromatic heterocycles. The van der Waals surface area contributed by atoms with Crippen LogP contribution in [-0.4, -0.2) is 42.6 Å². The highest BCUT2D eigenvalue weighted by molar-refractivity contribution is 5.80. The van der Waals surface area contributed by atoms with Crippen LogP contribution in [0, 0.1) is 0 Å². The molecule has 5 heteroatoms. The van der Waals surface area contributed by atoms with Crippen molar-refractivity contribution in [1.29, 1.82) is 0 Å². The molecule has 0 aromatic rings. The summed E-state index contributed by atoms with van der Waals surface area (Å²) in [4.78, 5) is 24.4. The van der Waals surface area contributed by atoms with Crippen LogP contribution in [0.1, 0.15) is 34.1 Å². The number of nitrogens with zero attached hydrogens (tertiary/aromatic N) is 1. The summed E-state index contributed by atoms with van der Waals surface area (Å²) in [6, 6.07) is -0.0444. The molecule has 0 saturated carbocycles. The summed E-state index contributed by atoms with van der Waals surface area (Å²) in [6.07, 6.45) is 0.890. The molecular formula is C11H22N2O3. The van der Waals surface area contributed by atoms with Crippen molar-refractivity contribution >= 4 is 12.0 Å². The van der Waals surface area contributed by atoms with Crippen molar-refractivity contribution < 1.29 is 14.3 Å². The summed E-state index contributed by atoms with van der Waals surface area (Å²) in [6.45, 7) is 8.54. The summed E-state index contributed by atoms with van der Waals surface area (Å²) in [7, 11) is 0. The van der Waals surface area contributed by atoms with Gasteiger partial charge in [0.05, 0.1) is 6.61 Å². The van der Waals surface area contributed by atoms with Crippen LogP contribution in [-0.2, 0) is 9.53 Å². The summed E-state index contributed by atoms with van der Waals surface area (Å²) in [5, 5.41) is 2.55. The second-order valence-electron chi connectivity index (χ2n) is 3.51. The predicted octanol–water partition coefficient (Wildman–Crippen LogP) is 1.38. The molecule has 5 nitrogen and oxygen atoms in total. The van der Waals surface area contributed by atoms with Crippen molar-refractivity contribution in [3.8, 4) is 0 Å². The number of urea groups is 1. The van der Waals surface area contributed by atoms with E-state index in [0.29, 0.717) is 13.2 Å². The van der Waals surface area contributed by atoms with Gasteiger partial charge in [-0.05, 0) is 27.2 Å². The van der Waals surface area contributed by atoms with Gasteiger partial charge in [-0.3, -0.25) is 4.79 Å². The molecule has 0 aliphatic carbocycles. The molecule has 0 heterocycles. The lowest BCUT2D eigenvalue weighted by Gasteiger charge is -2.27. The van der Waals surface area contributed by atoms with Crippen LogP contribution in [0.5, 0.6) is 0 Å². The molecule has 0 rings (SSSR count). The number of esters is 1. The van der Waals surface area contributed by atoms with Crippen molar-refractivity contribution in [2.24, 2.45) is 0 Å². The van der Waals surface area contributed by atoms with E-state index < -0.39 is 5.97 Å². The van der Waals surface area contributed by atoms with E-state index in [2.05, 4.69) is 5.32 Å². The third-order valence-corrected chi connectivity index (χ3v) is 2.41. The van der Waals surface area contributed by atoms with Crippen LogP contribution in [0.3, 0.4) is 0 Å². The Kier molecular flexibility index (Phi) is 7.33. The molecule has 0 spiro atoms. The minimum absolute atomic E-state index is 0.0698. The molecule has 0 fully saturated rings. The van der Waals surface area contributed by atoms with Gasteiger partial charge in [-0.25, -0.2) is 4.79 Å². The second kappa shape index (κ2) is 7.96. The summed E-state index contributed by atoms with van der Waals surface area (Å²) >= 11 is 0. The van der Waals surface area contributed by atoms with Gasteiger partial charge >= 0.3 is 12.0 Å². The van der Waals surface area contributed by atoms with E-state index in [-0.39, 0.29) is 18.6 Å². The predicted molar refractivity (Wildman–Crippen MR) is 62.2 cm³/mol. The first-order chi connectivity index (χ1) is 7.56. The van der Waals surface area contributed by atoms with Crippen molar-refractivity contribution in [3.63, 3.8) is 0 Å². The Morgan fingerprint density at radius 1 is 1.31 bits per heavy atom. The lowest BCUT2D eigenvalue weighted by Crippen LogP contribution is -2.46. The minimum atomic E-state index is -0.406. The van der Waals surface area contributed by atoms with Gasteiger partial charge in [-0.15, -0.1) is 0 Å². The van der Waals surface area contributed by atoms with Crippen molar-refractivity contribution in [3.05, 3.63) is 0 Å². The number of hydrogen-bond donors (Lipinski definition) is 1. The Morgan fingerprint density at radius 3 is 2.38 bits per heavy atom. The van der Waals surface area contributed by atoms with Gasteiger partial charge in [-0.2, -0.15) is 0 Å². The molecular weight excluding hydrogens is 208 g/mol. The Hall–Kier alpha value is -1.26. The molecule has 0 saturated heterocycles. The fourth-order valence-corrected chi connectivity index (χ4v) is 1.34. The lowest BCUT2D eigenvalue weighted by atomic mass is 10.2. The molecule has 1 N–H and O–H groups in total. The minimum Gasteiger partial charge on any atom is -0.465 e. The van der Waals surface area contributed by atoms with E-state index in [1.54, 1.807) is 11.8 Å². The van der Waals surface area contributed by atoms with Crippen LogP contribution in [0.4, 0.5) is 4.79 Å². The lowest BCUT2D eigenvalue weighted by molar-refractivity contribution is -0.141. The summed E-state index contributed by atoms with van der Waals surface area (Å²) in [5.41, 5.74) is 0. The zero-order valence-corrected chi connectivity index (χ0v) is 10.6. The molecule has 1 atom stereocenters. The van der Waals surface area contributed by atoms with Crippen LogP contribution < -0.4 is 5.32 Å². The van der Waals surface area contributed by atoms with Gasteiger partial charge < -0.3 is 15.0 Å². The zero-order valence-electron chi connectivity index (χ0n) is 10.6. The van der Waals surface area contributed by atoms with Crippen LogP contribution in [0.2, 0.25) is 0 Å². The van der Waals surface area contributed by atoms with Gasteiger partial charge in [-0.1, -0.05) is 6.92 Å². The van der Waals surface area contributed by atoms with E-state index in [1.165, 1.54) is 0 Å². The highest BCUT2D eigenvalue weighted by Crippen LogP contribution is 2.02. The average Bonchev–Trinajstić information content (AvgIpc) is 2.27. The third kappa shape index (κ3) is 5.00. The fraction of sp³-hybridized carbons (Fsp3) is 0.818. The molecule has 94 valence electrons. The maximum Gasteiger partial charge on any atom is 0.325 e. The van der Waals surface area contributed by atoms with Gasteiger partial charge in [0.15, 0.2) is 0 Å². The Morgan fingerprint density at radius 2 is 1.94 bits per heavy atom. The van der Waals surface area contributed by atoms with E-state index in [9.17, 15) is 9.59 Å². The summed E-state index contributed by atoms with van der Waals surface area (Å²) in [5.74, 6) is -0.406. The Bertz CT molecular complexity index is 231. The molecule has 0 aromatic carbocycles. The molecule has 2 amide bonds. The first-order valence-electron chi connectivity index (χ1n) is 5.76. The Labute approximate surface area is 97.1 Å². The first-order valence-corrected chi connectivity index (χ1v) is 5.76. The monoisotopic (exact) mass is 230 g/mol. The number of ether oxygens (including phenoxy) is 1. The topological polar surface area (TPSA) is 58.6 Å². The van der Waals surface area contributed by atoms with Crippen molar-refractivity contribution in [2.75, 3.05) is 19.7 Å². The van der Waals surface area contributed by atoms with Gasteiger partial charge in [0, 0.05) is 12.6 Å². The number of carbonyl (C=O) groups excluding carboxylic acids is 2. The maximum absolute atomic E-state index is 11.7. The van der Waals surface area contributed by atoms with Gasteiger partial charge in [0.25, 0.3) is 0 Å². The Balaban J connectivity index is 4.07. The van der Waals surface area contributed by atoms with Crippen LogP contribution in [0.25, 0.3) is 0 Å². The molecule has 0 aliphatic heterocycles. The van der Waals surface area contributed by atoms with E-state index in [0.717, 1.165) is 6.42 Å². The van der Waals surface area contributed by atoms with E-state index in [1.807, 2.05) is 20.8 Å². The van der Waals surface area contributed by atoms with Gasteiger partial charge in [0.1, 0.15) is 6.54 Å². The molecule has 0 bridgehead atoms.